The number of carbonyl (C=O) groups is 1. The fourth-order valence-corrected chi connectivity index (χ4v) is 3.06. The number of nitrogens with zero attached hydrogens (tertiary/aromatic N) is 2. The number of rotatable bonds is 4. The molecule has 0 atom stereocenters. The molecule has 5 heteroatoms. The first-order valence-corrected chi connectivity index (χ1v) is 7.98. The van der Waals surface area contributed by atoms with Gasteiger partial charge in [-0.2, -0.15) is 0 Å². The van der Waals surface area contributed by atoms with Crippen molar-refractivity contribution in [2.24, 2.45) is 5.92 Å². The molecule has 0 bridgehead atoms. The minimum atomic E-state index is -0.0114. The summed E-state index contributed by atoms with van der Waals surface area (Å²) in [6, 6.07) is 5.53. The van der Waals surface area contributed by atoms with Crippen LogP contribution in [-0.2, 0) is 0 Å². The first-order chi connectivity index (χ1) is 10.7. The Morgan fingerprint density at radius 3 is 2.91 bits per heavy atom. The number of piperidine rings is 1. The van der Waals surface area contributed by atoms with Gasteiger partial charge in [-0.05, 0) is 57.8 Å². The Kier molecular flexibility index (Phi) is 4.43. The lowest BCUT2D eigenvalue weighted by atomic mass is 9.93. The summed E-state index contributed by atoms with van der Waals surface area (Å²) >= 11 is 0. The average Bonchev–Trinajstić information content (AvgIpc) is 2.95. The van der Waals surface area contributed by atoms with E-state index < -0.39 is 0 Å². The van der Waals surface area contributed by atoms with Gasteiger partial charge in [-0.1, -0.05) is 0 Å². The number of pyridine rings is 1. The summed E-state index contributed by atoms with van der Waals surface area (Å²) in [5.74, 6) is 1.11. The number of nitrogens with one attached hydrogen (secondary N) is 1. The van der Waals surface area contributed by atoms with Crippen LogP contribution in [0.1, 0.15) is 35.5 Å². The zero-order valence-corrected chi connectivity index (χ0v) is 13.3. The second kappa shape index (κ2) is 6.48. The van der Waals surface area contributed by atoms with Gasteiger partial charge in [0.1, 0.15) is 5.52 Å². The van der Waals surface area contributed by atoms with E-state index in [1.807, 2.05) is 31.0 Å². The van der Waals surface area contributed by atoms with Crippen molar-refractivity contribution in [3.05, 3.63) is 29.7 Å². The highest BCUT2D eigenvalue weighted by atomic mass is 16.3. The molecule has 0 aromatic carbocycles. The highest BCUT2D eigenvalue weighted by Crippen LogP contribution is 2.24. The third-order valence-corrected chi connectivity index (χ3v) is 4.43. The normalized spacial score (nSPS) is 16.4. The van der Waals surface area contributed by atoms with Crippen LogP contribution >= 0.6 is 0 Å². The van der Waals surface area contributed by atoms with Crippen molar-refractivity contribution < 1.29 is 9.21 Å². The molecule has 0 radical (unpaired) electrons. The van der Waals surface area contributed by atoms with E-state index in [2.05, 4.69) is 10.3 Å². The molecule has 0 spiro atoms. The van der Waals surface area contributed by atoms with Crippen molar-refractivity contribution in [3.8, 4) is 0 Å². The maximum atomic E-state index is 12.6. The van der Waals surface area contributed by atoms with Gasteiger partial charge >= 0.3 is 0 Å². The van der Waals surface area contributed by atoms with Crippen molar-refractivity contribution in [2.45, 2.75) is 26.2 Å². The van der Waals surface area contributed by atoms with E-state index in [4.69, 9.17) is 4.42 Å². The number of hydrogen-bond acceptors (Lipinski definition) is 4. The molecule has 118 valence electrons. The Labute approximate surface area is 130 Å². The topological polar surface area (TPSA) is 58.4 Å². The van der Waals surface area contributed by atoms with E-state index in [0.29, 0.717) is 11.3 Å². The summed E-state index contributed by atoms with van der Waals surface area (Å²) in [7, 11) is 1.98. The summed E-state index contributed by atoms with van der Waals surface area (Å²) in [5.41, 5.74) is 2.36. The summed E-state index contributed by atoms with van der Waals surface area (Å²) in [6.07, 6.45) is 3.34. The SMILES string of the molecule is CNCCC1CCN(C(=O)c2cc3nc(C)ccc3o2)CC1. The van der Waals surface area contributed by atoms with Crippen LogP contribution in [0.5, 0.6) is 0 Å². The van der Waals surface area contributed by atoms with Gasteiger partial charge < -0.3 is 14.6 Å². The molecule has 1 aliphatic heterocycles. The first-order valence-electron chi connectivity index (χ1n) is 7.98. The largest absolute Gasteiger partial charge is 0.449 e. The minimum absolute atomic E-state index is 0.0114. The third kappa shape index (κ3) is 3.14. The van der Waals surface area contributed by atoms with E-state index in [0.717, 1.165) is 49.6 Å². The smallest absolute Gasteiger partial charge is 0.289 e. The number of hydrogen-bond donors (Lipinski definition) is 1. The Morgan fingerprint density at radius 1 is 1.41 bits per heavy atom. The molecule has 3 heterocycles. The van der Waals surface area contributed by atoms with Gasteiger partial charge in [0.15, 0.2) is 11.3 Å². The molecule has 2 aromatic heterocycles. The first kappa shape index (κ1) is 15.0. The lowest BCUT2D eigenvalue weighted by molar-refractivity contribution is 0.0657. The summed E-state index contributed by atoms with van der Waals surface area (Å²) in [4.78, 5) is 18.9. The van der Waals surface area contributed by atoms with Crippen LogP contribution in [0, 0.1) is 12.8 Å². The molecule has 0 unspecified atom stereocenters. The average molecular weight is 301 g/mol. The van der Waals surface area contributed by atoms with E-state index in [1.165, 1.54) is 6.42 Å². The van der Waals surface area contributed by atoms with Crippen molar-refractivity contribution in [2.75, 3.05) is 26.7 Å². The molecule has 2 aromatic rings. The van der Waals surface area contributed by atoms with Crippen LogP contribution < -0.4 is 5.32 Å². The highest BCUT2D eigenvalue weighted by molar-refractivity contribution is 5.95. The van der Waals surface area contributed by atoms with E-state index >= 15 is 0 Å². The fourth-order valence-electron chi connectivity index (χ4n) is 3.06. The van der Waals surface area contributed by atoms with Gasteiger partial charge in [0.05, 0.1) is 0 Å². The van der Waals surface area contributed by atoms with Crippen LogP contribution in [0.2, 0.25) is 0 Å². The van der Waals surface area contributed by atoms with Crippen molar-refractivity contribution in [1.82, 2.24) is 15.2 Å². The molecule has 1 fully saturated rings. The second-order valence-corrected chi connectivity index (χ2v) is 6.07. The van der Waals surface area contributed by atoms with Crippen LogP contribution in [0.4, 0.5) is 0 Å². The predicted molar refractivity (Wildman–Crippen MR) is 85.9 cm³/mol. The minimum Gasteiger partial charge on any atom is -0.449 e. The Hall–Kier alpha value is -1.88. The molecule has 1 aliphatic rings. The Morgan fingerprint density at radius 2 is 2.18 bits per heavy atom. The van der Waals surface area contributed by atoms with Gasteiger partial charge in [0.25, 0.3) is 5.91 Å². The van der Waals surface area contributed by atoms with Crippen molar-refractivity contribution in [1.29, 1.82) is 0 Å². The molecular weight excluding hydrogens is 278 g/mol. The zero-order valence-electron chi connectivity index (χ0n) is 13.3. The molecule has 5 nitrogen and oxygen atoms in total. The number of likely N-dealkylation sites (tertiary alicyclic amines) is 1. The second-order valence-electron chi connectivity index (χ2n) is 6.07. The number of fused-ring (bicyclic) bond motifs is 1. The molecule has 1 amide bonds. The molecule has 0 saturated carbocycles. The van der Waals surface area contributed by atoms with Crippen LogP contribution in [0.3, 0.4) is 0 Å². The standard InChI is InChI=1S/C17H23N3O2/c1-12-3-4-15-14(19-12)11-16(22-15)17(21)20-9-6-13(7-10-20)5-8-18-2/h3-4,11,13,18H,5-10H2,1-2H3. The molecule has 22 heavy (non-hydrogen) atoms. The maximum absolute atomic E-state index is 12.6. The van der Waals surface area contributed by atoms with Gasteiger partial charge in [-0.3, -0.25) is 4.79 Å². The van der Waals surface area contributed by atoms with E-state index in [1.54, 1.807) is 6.07 Å². The van der Waals surface area contributed by atoms with Gasteiger partial charge in [0.2, 0.25) is 0 Å². The summed E-state index contributed by atoms with van der Waals surface area (Å²) in [6.45, 7) is 4.62. The van der Waals surface area contributed by atoms with Crippen LogP contribution in [0.15, 0.2) is 22.6 Å². The lowest BCUT2D eigenvalue weighted by Crippen LogP contribution is -2.38. The van der Waals surface area contributed by atoms with Crippen LogP contribution in [0.25, 0.3) is 11.1 Å². The van der Waals surface area contributed by atoms with Gasteiger partial charge in [0, 0.05) is 24.8 Å². The monoisotopic (exact) mass is 301 g/mol. The summed E-state index contributed by atoms with van der Waals surface area (Å²) in [5, 5.41) is 3.19. The molecular formula is C17H23N3O2. The Balaban J connectivity index is 1.66. The van der Waals surface area contributed by atoms with E-state index in [-0.39, 0.29) is 5.91 Å². The number of furan rings is 1. The van der Waals surface area contributed by atoms with Gasteiger partial charge in [-0.25, -0.2) is 4.98 Å². The van der Waals surface area contributed by atoms with Crippen molar-refractivity contribution >= 4 is 17.0 Å². The molecule has 0 aliphatic carbocycles. The Bertz CT molecular complexity index is 657. The summed E-state index contributed by atoms with van der Waals surface area (Å²) < 4.78 is 5.67. The fraction of sp³-hybridized carbons (Fsp3) is 0.529. The molecule has 1 saturated heterocycles. The number of carbonyl (C=O) groups excluding carboxylic acids is 1. The lowest BCUT2D eigenvalue weighted by Gasteiger charge is -2.31. The zero-order chi connectivity index (χ0) is 15.5. The van der Waals surface area contributed by atoms with E-state index in [9.17, 15) is 4.79 Å². The molecule has 1 N–H and O–H groups in total. The van der Waals surface area contributed by atoms with Crippen LogP contribution in [-0.4, -0.2) is 42.5 Å². The quantitative estimate of drug-likeness (QED) is 0.943. The predicted octanol–water partition coefficient (Wildman–Crippen LogP) is 2.60. The number of aryl methyl sites for hydroxylation is 1. The highest BCUT2D eigenvalue weighted by Gasteiger charge is 2.25. The number of aromatic nitrogens is 1. The van der Waals surface area contributed by atoms with Crippen molar-refractivity contribution in [3.63, 3.8) is 0 Å². The third-order valence-electron chi connectivity index (χ3n) is 4.43. The number of amides is 1. The molecule has 3 rings (SSSR count). The maximum Gasteiger partial charge on any atom is 0.289 e. The van der Waals surface area contributed by atoms with Gasteiger partial charge in [-0.15, -0.1) is 0 Å².